The average Bonchev–Trinajstić information content (AvgIpc) is 2.29. The van der Waals surface area contributed by atoms with Crippen LogP contribution in [-0.4, -0.2) is 19.7 Å². The van der Waals surface area contributed by atoms with Crippen LogP contribution in [0.1, 0.15) is 12.0 Å². The Balaban J connectivity index is 2.43. The molecule has 0 saturated heterocycles. The van der Waals surface area contributed by atoms with Crippen molar-refractivity contribution < 1.29 is 9.13 Å². The molecule has 3 nitrogen and oxygen atoms in total. The zero-order valence-electron chi connectivity index (χ0n) is 9.46. The van der Waals surface area contributed by atoms with Crippen molar-refractivity contribution >= 4 is 0 Å². The summed E-state index contributed by atoms with van der Waals surface area (Å²) in [5.74, 6) is 0.221. The summed E-state index contributed by atoms with van der Waals surface area (Å²) in [6.45, 7) is 2.09. The molecular formula is C12H15FN2O. The Bertz CT molecular complexity index is 387. The molecule has 1 N–H and O–H groups in total. The summed E-state index contributed by atoms with van der Waals surface area (Å²) in [5.41, 5.74) is 0.595. The van der Waals surface area contributed by atoms with Crippen LogP contribution >= 0.6 is 0 Å². The van der Waals surface area contributed by atoms with E-state index in [1.165, 1.54) is 6.07 Å². The molecule has 0 aromatic heterocycles. The fourth-order valence-corrected chi connectivity index (χ4v) is 1.23. The van der Waals surface area contributed by atoms with Crippen molar-refractivity contribution in [3.63, 3.8) is 0 Å². The number of ether oxygens (including phenoxy) is 1. The van der Waals surface area contributed by atoms with E-state index in [1.807, 2.05) is 0 Å². The van der Waals surface area contributed by atoms with Crippen LogP contribution in [0.4, 0.5) is 4.39 Å². The van der Waals surface area contributed by atoms with Gasteiger partial charge in [0.1, 0.15) is 11.6 Å². The van der Waals surface area contributed by atoms with Gasteiger partial charge in [-0.1, -0.05) is 6.07 Å². The third-order valence-electron chi connectivity index (χ3n) is 2.32. The van der Waals surface area contributed by atoms with Gasteiger partial charge in [0.15, 0.2) is 0 Å². The molecule has 0 aliphatic carbocycles. The monoisotopic (exact) mass is 222 g/mol. The lowest BCUT2D eigenvalue weighted by Gasteiger charge is -2.09. The first-order valence-electron chi connectivity index (χ1n) is 5.13. The van der Waals surface area contributed by atoms with Crippen LogP contribution in [0, 0.1) is 24.1 Å². The van der Waals surface area contributed by atoms with Crippen LogP contribution in [0.25, 0.3) is 0 Å². The van der Waals surface area contributed by atoms with Crippen molar-refractivity contribution in [2.75, 3.05) is 13.7 Å². The molecule has 86 valence electrons. The summed E-state index contributed by atoms with van der Waals surface area (Å²) in [4.78, 5) is 0. The van der Waals surface area contributed by atoms with E-state index >= 15 is 0 Å². The smallest absolute Gasteiger partial charge is 0.129 e. The summed E-state index contributed by atoms with van der Waals surface area (Å²) < 4.78 is 18.5. The molecule has 1 rings (SSSR count). The molecule has 1 atom stereocenters. The maximum absolute atomic E-state index is 13.2. The summed E-state index contributed by atoms with van der Waals surface area (Å²) in [5, 5.41) is 11.5. The Hall–Kier alpha value is -1.60. The molecule has 0 aliphatic heterocycles. The van der Waals surface area contributed by atoms with E-state index in [0.29, 0.717) is 24.3 Å². The van der Waals surface area contributed by atoms with Crippen LogP contribution in [0.15, 0.2) is 18.2 Å². The van der Waals surface area contributed by atoms with Gasteiger partial charge in [-0.25, -0.2) is 4.39 Å². The molecule has 1 aromatic rings. The number of nitrogens with zero attached hydrogens (tertiary/aromatic N) is 1. The molecule has 0 bridgehead atoms. The molecule has 1 unspecified atom stereocenters. The Kier molecular flexibility index (Phi) is 4.74. The number of benzene rings is 1. The number of nitrogens with one attached hydrogen (secondary N) is 1. The zero-order chi connectivity index (χ0) is 12.0. The van der Waals surface area contributed by atoms with Gasteiger partial charge < -0.3 is 10.1 Å². The largest absolute Gasteiger partial charge is 0.493 e. The minimum Gasteiger partial charge on any atom is -0.493 e. The second-order valence-electron chi connectivity index (χ2n) is 3.52. The highest BCUT2D eigenvalue weighted by Gasteiger charge is 2.04. The van der Waals surface area contributed by atoms with Crippen molar-refractivity contribution in [3.8, 4) is 11.8 Å². The number of rotatable bonds is 5. The highest BCUT2D eigenvalue weighted by atomic mass is 19.1. The van der Waals surface area contributed by atoms with Crippen molar-refractivity contribution in [1.82, 2.24) is 5.32 Å². The number of hydrogen-bond acceptors (Lipinski definition) is 3. The molecule has 0 spiro atoms. The SMILES string of the molecule is CNC(C#N)CCOc1ccc(C)c(F)c1. The van der Waals surface area contributed by atoms with Gasteiger partial charge in [0.25, 0.3) is 0 Å². The van der Waals surface area contributed by atoms with E-state index in [2.05, 4.69) is 11.4 Å². The average molecular weight is 222 g/mol. The Morgan fingerprint density at radius 3 is 2.88 bits per heavy atom. The number of hydrogen-bond donors (Lipinski definition) is 1. The van der Waals surface area contributed by atoms with Crippen LogP contribution in [0.2, 0.25) is 0 Å². The first-order chi connectivity index (χ1) is 7.67. The van der Waals surface area contributed by atoms with Gasteiger partial charge >= 0.3 is 0 Å². The van der Waals surface area contributed by atoms with Crippen molar-refractivity contribution in [3.05, 3.63) is 29.6 Å². The van der Waals surface area contributed by atoms with Gasteiger partial charge in [-0.2, -0.15) is 5.26 Å². The van der Waals surface area contributed by atoms with E-state index in [4.69, 9.17) is 10.00 Å². The van der Waals surface area contributed by atoms with E-state index < -0.39 is 0 Å². The fraction of sp³-hybridized carbons (Fsp3) is 0.417. The van der Waals surface area contributed by atoms with E-state index in [-0.39, 0.29) is 11.9 Å². The molecular weight excluding hydrogens is 207 g/mol. The molecule has 0 saturated carbocycles. The molecule has 0 radical (unpaired) electrons. The molecule has 0 fully saturated rings. The van der Waals surface area contributed by atoms with Gasteiger partial charge in [0.2, 0.25) is 0 Å². The maximum Gasteiger partial charge on any atom is 0.129 e. The summed E-state index contributed by atoms with van der Waals surface area (Å²) >= 11 is 0. The van der Waals surface area contributed by atoms with Crippen LogP contribution in [0.3, 0.4) is 0 Å². The molecule has 0 aliphatic rings. The number of aryl methyl sites for hydroxylation is 1. The van der Waals surface area contributed by atoms with Crippen LogP contribution in [-0.2, 0) is 0 Å². The highest BCUT2D eigenvalue weighted by molar-refractivity contribution is 5.27. The summed E-state index contributed by atoms with van der Waals surface area (Å²) in [6, 6.07) is 6.62. The van der Waals surface area contributed by atoms with Crippen molar-refractivity contribution in [1.29, 1.82) is 5.26 Å². The maximum atomic E-state index is 13.2. The van der Waals surface area contributed by atoms with Gasteiger partial charge in [-0.3, -0.25) is 0 Å². The second-order valence-corrected chi connectivity index (χ2v) is 3.52. The number of halogens is 1. The summed E-state index contributed by atoms with van der Waals surface area (Å²) in [6.07, 6.45) is 0.572. The lowest BCUT2D eigenvalue weighted by Crippen LogP contribution is -2.25. The standard InChI is InChI=1S/C12H15FN2O/c1-9-3-4-11(7-12(9)13)16-6-5-10(8-14)15-2/h3-4,7,10,15H,5-6H2,1-2H3. The Morgan fingerprint density at radius 2 is 2.31 bits per heavy atom. The van der Waals surface area contributed by atoms with Crippen molar-refractivity contribution in [2.24, 2.45) is 0 Å². The fourth-order valence-electron chi connectivity index (χ4n) is 1.23. The minimum atomic E-state index is -0.275. The van der Waals surface area contributed by atoms with E-state index in [9.17, 15) is 4.39 Å². The predicted molar refractivity (Wildman–Crippen MR) is 59.7 cm³/mol. The van der Waals surface area contributed by atoms with E-state index in [1.54, 1.807) is 26.1 Å². The topological polar surface area (TPSA) is 45.0 Å². The third kappa shape index (κ3) is 3.52. The Morgan fingerprint density at radius 1 is 1.56 bits per heavy atom. The van der Waals surface area contributed by atoms with Crippen LogP contribution in [0.5, 0.6) is 5.75 Å². The normalized spacial score (nSPS) is 11.9. The minimum absolute atomic E-state index is 0.227. The van der Waals surface area contributed by atoms with Gasteiger partial charge in [-0.15, -0.1) is 0 Å². The number of nitriles is 1. The quantitative estimate of drug-likeness (QED) is 0.829. The lowest BCUT2D eigenvalue weighted by molar-refractivity contribution is 0.299. The third-order valence-corrected chi connectivity index (χ3v) is 2.32. The van der Waals surface area contributed by atoms with E-state index in [0.717, 1.165) is 0 Å². The second kappa shape index (κ2) is 6.09. The molecule has 0 amide bonds. The van der Waals surface area contributed by atoms with Gasteiger partial charge in [-0.05, 0) is 25.6 Å². The molecule has 4 heteroatoms. The predicted octanol–water partition coefficient (Wildman–Crippen LogP) is 2.01. The summed E-state index contributed by atoms with van der Waals surface area (Å²) in [7, 11) is 1.72. The molecule has 0 heterocycles. The van der Waals surface area contributed by atoms with Crippen molar-refractivity contribution in [2.45, 2.75) is 19.4 Å². The zero-order valence-corrected chi connectivity index (χ0v) is 9.46. The highest BCUT2D eigenvalue weighted by Crippen LogP contribution is 2.15. The molecule has 1 aromatic carbocycles. The molecule has 16 heavy (non-hydrogen) atoms. The van der Waals surface area contributed by atoms with Gasteiger partial charge in [0.05, 0.1) is 18.7 Å². The first kappa shape index (κ1) is 12.5. The van der Waals surface area contributed by atoms with Gasteiger partial charge in [0, 0.05) is 12.5 Å². The first-order valence-corrected chi connectivity index (χ1v) is 5.13. The van der Waals surface area contributed by atoms with Crippen LogP contribution < -0.4 is 10.1 Å². The Labute approximate surface area is 94.8 Å². The lowest BCUT2D eigenvalue weighted by atomic mass is 10.2.